The van der Waals surface area contributed by atoms with E-state index < -0.39 is 11.9 Å². The van der Waals surface area contributed by atoms with Gasteiger partial charge in [-0.3, -0.25) is 19.4 Å². The van der Waals surface area contributed by atoms with Crippen LogP contribution in [-0.2, 0) is 16.1 Å². The maximum atomic E-state index is 14.0. The van der Waals surface area contributed by atoms with Crippen LogP contribution in [0.4, 0.5) is 10.1 Å². The molecule has 2 fully saturated rings. The number of nitrogens with zero attached hydrogens (tertiary/aromatic N) is 3. The molecule has 0 aliphatic carbocycles. The highest BCUT2D eigenvalue weighted by Gasteiger charge is 2.44. The molecule has 1 aromatic carbocycles. The van der Waals surface area contributed by atoms with E-state index in [1.165, 1.54) is 17.0 Å². The molecule has 4 rings (SSSR count). The molecule has 0 radical (unpaired) electrons. The van der Waals surface area contributed by atoms with Gasteiger partial charge in [0, 0.05) is 37.6 Å². The van der Waals surface area contributed by atoms with Gasteiger partial charge in [-0.2, -0.15) is 0 Å². The van der Waals surface area contributed by atoms with Gasteiger partial charge in [-0.1, -0.05) is 23.7 Å². The Morgan fingerprint density at radius 1 is 1.07 bits per heavy atom. The van der Waals surface area contributed by atoms with Crippen LogP contribution in [0.3, 0.4) is 0 Å². The third-order valence-corrected chi connectivity index (χ3v) is 6.29. The average molecular weight is 408 g/mol. The molecule has 1 atom stereocenters. The predicted octanol–water partition coefficient (Wildman–Crippen LogP) is 2.99. The van der Waals surface area contributed by atoms with Crippen molar-refractivity contribution in [1.29, 1.82) is 0 Å². The SMILES string of the molecule is O=C1C[C@H](N2CCN(Cc3ccc(Cl)s3)CC2)C(=O)N1c1ccccc1F. The zero-order valence-electron chi connectivity index (χ0n) is 14.6. The molecule has 3 heterocycles. The van der Waals surface area contributed by atoms with Crippen molar-refractivity contribution in [1.82, 2.24) is 9.80 Å². The van der Waals surface area contributed by atoms with Gasteiger partial charge < -0.3 is 0 Å². The second-order valence-corrected chi connectivity index (χ2v) is 8.56. The van der Waals surface area contributed by atoms with E-state index in [2.05, 4.69) is 4.90 Å². The number of amides is 2. The lowest BCUT2D eigenvalue weighted by Gasteiger charge is -2.36. The molecule has 27 heavy (non-hydrogen) atoms. The number of halogens is 2. The highest BCUT2D eigenvalue weighted by Crippen LogP contribution is 2.29. The largest absolute Gasteiger partial charge is 0.296 e. The van der Waals surface area contributed by atoms with E-state index in [1.807, 2.05) is 17.0 Å². The van der Waals surface area contributed by atoms with Gasteiger partial charge in [-0.15, -0.1) is 11.3 Å². The summed E-state index contributed by atoms with van der Waals surface area (Å²) in [5, 5.41) is 0. The molecule has 2 saturated heterocycles. The molecule has 2 aliphatic rings. The van der Waals surface area contributed by atoms with Crippen LogP contribution in [0.5, 0.6) is 0 Å². The number of carbonyl (C=O) groups excluding carboxylic acids is 2. The van der Waals surface area contributed by atoms with Crippen molar-refractivity contribution in [3.8, 4) is 0 Å². The van der Waals surface area contributed by atoms with Gasteiger partial charge >= 0.3 is 0 Å². The van der Waals surface area contributed by atoms with Crippen LogP contribution in [0.2, 0.25) is 4.34 Å². The monoisotopic (exact) mass is 407 g/mol. The Balaban J connectivity index is 1.39. The average Bonchev–Trinajstić information content (AvgIpc) is 3.19. The lowest BCUT2D eigenvalue weighted by atomic mass is 10.1. The Morgan fingerprint density at radius 2 is 1.81 bits per heavy atom. The molecule has 0 N–H and O–H groups in total. The third kappa shape index (κ3) is 3.78. The molecular formula is C19H19ClFN3O2S. The van der Waals surface area contributed by atoms with Crippen LogP contribution in [0.25, 0.3) is 0 Å². The number of piperazine rings is 1. The van der Waals surface area contributed by atoms with Crippen molar-refractivity contribution in [2.24, 2.45) is 0 Å². The summed E-state index contributed by atoms with van der Waals surface area (Å²) in [6, 6.07) is 9.33. The first-order valence-corrected chi connectivity index (χ1v) is 10.0. The first-order valence-electron chi connectivity index (χ1n) is 8.85. The summed E-state index contributed by atoms with van der Waals surface area (Å²) in [7, 11) is 0. The first-order chi connectivity index (χ1) is 13.0. The van der Waals surface area contributed by atoms with E-state index in [0.29, 0.717) is 13.1 Å². The fourth-order valence-electron chi connectivity index (χ4n) is 3.68. The van der Waals surface area contributed by atoms with Crippen molar-refractivity contribution < 1.29 is 14.0 Å². The molecule has 1 aromatic heterocycles. The topological polar surface area (TPSA) is 43.9 Å². The van der Waals surface area contributed by atoms with Crippen LogP contribution in [0, 0.1) is 5.82 Å². The van der Waals surface area contributed by atoms with Crippen molar-refractivity contribution in [2.45, 2.75) is 19.0 Å². The number of para-hydroxylation sites is 1. The summed E-state index contributed by atoms with van der Waals surface area (Å²) in [6.07, 6.45) is 0.105. The molecule has 2 aromatic rings. The van der Waals surface area contributed by atoms with Gasteiger partial charge in [0.15, 0.2) is 0 Å². The van der Waals surface area contributed by atoms with Crippen LogP contribution in [-0.4, -0.2) is 53.8 Å². The normalized spacial score (nSPS) is 22.0. The molecule has 142 valence electrons. The summed E-state index contributed by atoms with van der Waals surface area (Å²) in [5.41, 5.74) is 0.0446. The highest BCUT2D eigenvalue weighted by molar-refractivity contribution is 7.16. The molecule has 5 nitrogen and oxygen atoms in total. The van der Waals surface area contributed by atoms with Gasteiger partial charge in [0.25, 0.3) is 5.91 Å². The smallest absolute Gasteiger partial charge is 0.251 e. The third-order valence-electron chi connectivity index (χ3n) is 5.07. The molecule has 8 heteroatoms. The van der Waals surface area contributed by atoms with E-state index in [-0.39, 0.29) is 23.9 Å². The van der Waals surface area contributed by atoms with E-state index in [4.69, 9.17) is 11.6 Å². The van der Waals surface area contributed by atoms with Gasteiger partial charge in [0.2, 0.25) is 5.91 Å². The van der Waals surface area contributed by atoms with Crippen LogP contribution in [0.1, 0.15) is 11.3 Å². The van der Waals surface area contributed by atoms with Gasteiger partial charge in [0.1, 0.15) is 5.82 Å². The second-order valence-electron chi connectivity index (χ2n) is 6.76. The molecule has 0 bridgehead atoms. The number of thiophene rings is 1. The summed E-state index contributed by atoms with van der Waals surface area (Å²) >= 11 is 7.56. The maximum absolute atomic E-state index is 14.0. The van der Waals surface area contributed by atoms with Crippen LogP contribution < -0.4 is 4.90 Å². The summed E-state index contributed by atoms with van der Waals surface area (Å²) in [4.78, 5) is 31.8. The molecular weight excluding hydrogens is 389 g/mol. The Labute approximate surface area is 165 Å². The fourth-order valence-corrected chi connectivity index (χ4v) is 4.81. The summed E-state index contributed by atoms with van der Waals surface area (Å²) < 4.78 is 14.8. The van der Waals surface area contributed by atoms with E-state index >= 15 is 0 Å². The molecule has 0 spiro atoms. The number of hydrogen-bond acceptors (Lipinski definition) is 5. The summed E-state index contributed by atoms with van der Waals surface area (Å²) in [6.45, 7) is 3.87. The number of imide groups is 1. The number of benzene rings is 1. The minimum atomic E-state index is -0.556. The highest BCUT2D eigenvalue weighted by atomic mass is 35.5. The number of carbonyl (C=O) groups is 2. The fraction of sp³-hybridized carbons (Fsp3) is 0.368. The van der Waals surface area contributed by atoms with Crippen molar-refractivity contribution in [3.63, 3.8) is 0 Å². The standard InChI is InChI=1S/C19H19ClFN3O2S/c20-17-6-5-13(27-17)12-22-7-9-23(10-8-22)16-11-18(25)24(19(16)26)15-4-2-1-3-14(15)21/h1-6,16H,7-12H2/t16-/m0/s1. The second kappa shape index (κ2) is 7.67. The number of hydrogen-bond donors (Lipinski definition) is 0. The lowest BCUT2D eigenvalue weighted by Crippen LogP contribution is -2.52. The van der Waals surface area contributed by atoms with E-state index in [1.54, 1.807) is 23.5 Å². The predicted molar refractivity (Wildman–Crippen MR) is 103 cm³/mol. The molecule has 0 saturated carbocycles. The van der Waals surface area contributed by atoms with Crippen molar-refractivity contribution >= 4 is 40.4 Å². The van der Waals surface area contributed by atoms with Crippen molar-refractivity contribution in [2.75, 3.05) is 31.1 Å². The minimum Gasteiger partial charge on any atom is -0.296 e. The number of anilines is 1. The zero-order chi connectivity index (χ0) is 19.0. The Kier molecular flexibility index (Phi) is 5.27. The zero-order valence-corrected chi connectivity index (χ0v) is 16.2. The Bertz CT molecular complexity index is 866. The Morgan fingerprint density at radius 3 is 2.48 bits per heavy atom. The molecule has 2 aliphatic heterocycles. The van der Waals surface area contributed by atoms with Gasteiger partial charge in [-0.25, -0.2) is 9.29 Å². The van der Waals surface area contributed by atoms with Gasteiger partial charge in [0.05, 0.1) is 22.5 Å². The lowest BCUT2D eigenvalue weighted by molar-refractivity contribution is -0.123. The van der Waals surface area contributed by atoms with Crippen LogP contribution in [0.15, 0.2) is 36.4 Å². The Hall–Kier alpha value is -1.80. The minimum absolute atomic E-state index is 0.0446. The van der Waals surface area contributed by atoms with E-state index in [0.717, 1.165) is 28.9 Å². The maximum Gasteiger partial charge on any atom is 0.251 e. The van der Waals surface area contributed by atoms with E-state index in [9.17, 15) is 14.0 Å². The molecule has 2 amide bonds. The molecule has 0 unspecified atom stereocenters. The van der Waals surface area contributed by atoms with Crippen molar-refractivity contribution in [3.05, 3.63) is 51.4 Å². The number of rotatable bonds is 4. The quantitative estimate of drug-likeness (QED) is 0.731. The van der Waals surface area contributed by atoms with Crippen LogP contribution >= 0.6 is 22.9 Å². The van der Waals surface area contributed by atoms with Gasteiger partial charge in [-0.05, 0) is 24.3 Å². The summed E-state index contributed by atoms with van der Waals surface area (Å²) in [5.74, 6) is -1.23. The first kappa shape index (κ1) is 18.6.